The molecule has 0 aliphatic carbocycles. The number of halogens is 2. The Morgan fingerprint density at radius 1 is 1.00 bits per heavy atom. The number of hydrogen-bond acceptors (Lipinski definition) is 6. The minimum absolute atomic E-state index is 0.557. The first-order valence-electron chi connectivity index (χ1n) is 9.15. The van der Waals surface area contributed by atoms with Gasteiger partial charge < -0.3 is 4.90 Å². The summed E-state index contributed by atoms with van der Waals surface area (Å²) in [7, 11) is 0. The number of nitrogens with one attached hydrogen (secondary N) is 1. The minimum atomic E-state index is 0.557. The van der Waals surface area contributed by atoms with Crippen LogP contribution in [0.25, 0.3) is 16.4 Å². The topological polar surface area (TPSA) is 70.7 Å². The number of rotatable bonds is 8. The van der Waals surface area contributed by atoms with Crippen LogP contribution < -0.4 is 10.3 Å². The van der Waals surface area contributed by atoms with Gasteiger partial charge in [0.2, 0.25) is 0 Å². The Balaban J connectivity index is 1.53. The lowest BCUT2D eigenvalue weighted by atomic mass is 10.2. The molecule has 4 aromatic rings. The van der Waals surface area contributed by atoms with Crippen molar-refractivity contribution >= 4 is 57.3 Å². The van der Waals surface area contributed by atoms with Crippen LogP contribution in [-0.4, -0.2) is 50.9 Å². The predicted octanol–water partition coefficient (Wildman–Crippen LogP) is 4.01. The third-order valence-corrected chi connectivity index (χ3v) is 4.85. The highest BCUT2D eigenvalue weighted by Crippen LogP contribution is 2.23. The van der Waals surface area contributed by atoms with Gasteiger partial charge in [0, 0.05) is 41.3 Å². The lowest BCUT2D eigenvalue weighted by Crippen LogP contribution is -2.27. The lowest BCUT2D eigenvalue weighted by molar-refractivity contribution is 0.874. The van der Waals surface area contributed by atoms with Crippen LogP contribution in [0.2, 0.25) is 0 Å². The number of hydrazone groups is 1. The van der Waals surface area contributed by atoms with Gasteiger partial charge in [-0.15, -0.1) is 38.5 Å². The molecule has 0 unspecified atom stereocenters. The molecule has 1 N–H and O–H groups in total. The summed E-state index contributed by atoms with van der Waals surface area (Å²) >= 11 is 11.8. The average Bonchev–Trinajstić information content (AvgIpc) is 3.23. The van der Waals surface area contributed by atoms with Crippen molar-refractivity contribution in [2.45, 2.75) is 0 Å². The summed E-state index contributed by atoms with van der Waals surface area (Å²) in [6.45, 7) is 1.52. The largest absolute Gasteiger partial charge is 0.369 e. The van der Waals surface area contributed by atoms with Gasteiger partial charge in [-0.1, -0.05) is 36.4 Å². The molecule has 0 atom stereocenters. The van der Waals surface area contributed by atoms with Gasteiger partial charge in [0.15, 0.2) is 11.5 Å². The van der Waals surface area contributed by atoms with Crippen LogP contribution in [0.3, 0.4) is 0 Å². The number of aromatic nitrogens is 4. The first-order chi connectivity index (χ1) is 14.3. The zero-order chi connectivity index (χ0) is 20.1. The Bertz CT molecular complexity index is 1120. The first-order valence-corrected chi connectivity index (χ1v) is 10.2. The highest BCUT2D eigenvalue weighted by molar-refractivity contribution is 6.18. The quantitative estimate of drug-likeness (QED) is 0.261. The van der Waals surface area contributed by atoms with Gasteiger partial charge in [-0.2, -0.15) is 9.62 Å². The Kier molecular flexibility index (Phi) is 6.07. The zero-order valence-corrected chi connectivity index (χ0v) is 17.1. The SMILES string of the molecule is ClCCN(CCCl)c1ccc(/C=N/Nc2nn3cnnc3c3ccccc23)cc1. The van der Waals surface area contributed by atoms with Crippen LogP contribution in [0, 0.1) is 0 Å². The second-order valence-electron chi connectivity index (χ2n) is 6.32. The first kappa shape index (κ1) is 19.4. The maximum absolute atomic E-state index is 5.88. The summed E-state index contributed by atoms with van der Waals surface area (Å²) in [6, 6.07) is 16.0. The second kappa shape index (κ2) is 9.07. The summed E-state index contributed by atoms with van der Waals surface area (Å²) in [6.07, 6.45) is 3.33. The van der Waals surface area contributed by atoms with Crippen molar-refractivity contribution in [3.8, 4) is 0 Å². The highest BCUT2D eigenvalue weighted by atomic mass is 35.5. The molecule has 148 valence electrons. The average molecular weight is 428 g/mol. The van der Waals surface area contributed by atoms with E-state index in [2.05, 4.69) is 30.7 Å². The third kappa shape index (κ3) is 4.26. The van der Waals surface area contributed by atoms with Crippen LogP contribution in [0.5, 0.6) is 0 Å². The van der Waals surface area contributed by atoms with E-state index < -0.39 is 0 Å². The highest BCUT2D eigenvalue weighted by Gasteiger charge is 2.09. The lowest BCUT2D eigenvalue weighted by Gasteiger charge is -2.22. The van der Waals surface area contributed by atoms with E-state index >= 15 is 0 Å². The fourth-order valence-corrected chi connectivity index (χ4v) is 3.53. The van der Waals surface area contributed by atoms with Crippen molar-refractivity contribution in [1.82, 2.24) is 19.8 Å². The van der Waals surface area contributed by atoms with Gasteiger partial charge in [-0.3, -0.25) is 5.43 Å². The minimum Gasteiger partial charge on any atom is -0.369 e. The number of nitrogens with zero attached hydrogens (tertiary/aromatic N) is 6. The summed E-state index contributed by atoms with van der Waals surface area (Å²) in [5.74, 6) is 1.75. The molecule has 2 aromatic carbocycles. The van der Waals surface area contributed by atoms with E-state index in [0.717, 1.165) is 35.1 Å². The Labute approximate surface area is 177 Å². The maximum Gasteiger partial charge on any atom is 0.185 e. The molecule has 2 aromatic heterocycles. The molecule has 0 radical (unpaired) electrons. The number of benzene rings is 2. The molecular formula is C20H19Cl2N7. The van der Waals surface area contributed by atoms with E-state index in [1.54, 1.807) is 17.1 Å². The van der Waals surface area contributed by atoms with E-state index in [1.165, 1.54) is 0 Å². The normalized spacial score (nSPS) is 11.5. The zero-order valence-electron chi connectivity index (χ0n) is 15.5. The Morgan fingerprint density at radius 2 is 1.72 bits per heavy atom. The number of fused-ring (bicyclic) bond motifs is 3. The molecule has 7 nitrogen and oxygen atoms in total. The van der Waals surface area contributed by atoms with Crippen LogP contribution in [0.15, 0.2) is 60.0 Å². The molecule has 9 heteroatoms. The molecule has 2 heterocycles. The fourth-order valence-electron chi connectivity index (χ4n) is 3.12. The smallest absolute Gasteiger partial charge is 0.185 e. The van der Waals surface area contributed by atoms with Crippen molar-refractivity contribution < 1.29 is 0 Å². The fraction of sp³-hybridized carbons (Fsp3) is 0.200. The van der Waals surface area contributed by atoms with E-state index in [0.29, 0.717) is 23.2 Å². The van der Waals surface area contributed by atoms with Gasteiger partial charge in [-0.05, 0) is 17.7 Å². The van der Waals surface area contributed by atoms with Gasteiger partial charge in [0.1, 0.15) is 6.33 Å². The molecule has 0 aliphatic rings. The molecule has 0 saturated heterocycles. The van der Waals surface area contributed by atoms with Crippen LogP contribution >= 0.6 is 23.2 Å². The summed E-state index contributed by atoms with van der Waals surface area (Å²) in [5.41, 5.74) is 5.80. The summed E-state index contributed by atoms with van der Waals surface area (Å²) in [5, 5.41) is 18.8. The van der Waals surface area contributed by atoms with Crippen molar-refractivity contribution in [1.29, 1.82) is 0 Å². The van der Waals surface area contributed by atoms with Gasteiger partial charge >= 0.3 is 0 Å². The Hall–Kier alpha value is -2.90. The molecular weight excluding hydrogens is 409 g/mol. The van der Waals surface area contributed by atoms with Crippen molar-refractivity contribution in [3.05, 3.63) is 60.4 Å². The molecule has 0 bridgehead atoms. The molecule has 0 spiro atoms. The van der Waals surface area contributed by atoms with E-state index in [4.69, 9.17) is 23.2 Å². The van der Waals surface area contributed by atoms with Gasteiger partial charge in [0.05, 0.1) is 6.21 Å². The standard InChI is InChI=1S/C20H19Cl2N7/c21-9-11-28(12-10-22)16-7-5-15(6-8-16)13-23-25-19-17-3-1-2-4-18(17)20-26-24-14-29(20)27-19/h1-8,13-14H,9-12H2,(H,25,27)/b23-13+. The van der Waals surface area contributed by atoms with E-state index in [9.17, 15) is 0 Å². The molecule has 4 rings (SSSR count). The monoisotopic (exact) mass is 427 g/mol. The van der Waals surface area contributed by atoms with E-state index in [-0.39, 0.29) is 0 Å². The Morgan fingerprint density at radius 3 is 2.45 bits per heavy atom. The van der Waals surface area contributed by atoms with Crippen LogP contribution in [0.4, 0.5) is 11.5 Å². The maximum atomic E-state index is 5.88. The third-order valence-electron chi connectivity index (χ3n) is 4.51. The molecule has 29 heavy (non-hydrogen) atoms. The molecule has 0 amide bonds. The number of alkyl halides is 2. The second-order valence-corrected chi connectivity index (χ2v) is 7.08. The van der Waals surface area contributed by atoms with E-state index in [1.807, 2.05) is 48.5 Å². The number of anilines is 2. The molecule has 0 saturated carbocycles. The van der Waals surface area contributed by atoms with Gasteiger partial charge in [-0.25, -0.2) is 0 Å². The molecule has 0 aliphatic heterocycles. The summed E-state index contributed by atoms with van der Waals surface area (Å²) in [4.78, 5) is 2.16. The van der Waals surface area contributed by atoms with Crippen molar-refractivity contribution in [2.75, 3.05) is 35.2 Å². The molecule has 0 fully saturated rings. The summed E-state index contributed by atoms with van der Waals surface area (Å²) < 4.78 is 1.64. The van der Waals surface area contributed by atoms with Crippen LogP contribution in [0.1, 0.15) is 5.56 Å². The van der Waals surface area contributed by atoms with Crippen LogP contribution in [-0.2, 0) is 0 Å². The number of hydrogen-bond donors (Lipinski definition) is 1. The van der Waals surface area contributed by atoms with Crippen molar-refractivity contribution in [2.24, 2.45) is 5.10 Å². The van der Waals surface area contributed by atoms with Crippen molar-refractivity contribution in [3.63, 3.8) is 0 Å². The van der Waals surface area contributed by atoms with Gasteiger partial charge in [0.25, 0.3) is 0 Å². The predicted molar refractivity (Wildman–Crippen MR) is 120 cm³/mol.